The number of benzene rings is 1. The number of nitrogens with zero attached hydrogens (tertiary/aromatic N) is 1. The molecule has 0 radical (unpaired) electrons. The fraction of sp³-hybridized carbons (Fsp3) is 0.214. The molecule has 0 spiro atoms. The minimum absolute atomic E-state index is 0.164. The zero-order valence-corrected chi connectivity index (χ0v) is 12.6. The lowest BCUT2D eigenvalue weighted by molar-refractivity contribution is 0.874. The zero-order valence-electron chi connectivity index (χ0n) is 10.2. The fourth-order valence-corrected chi connectivity index (χ4v) is 2.11. The molecule has 1 heterocycles. The summed E-state index contributed by atoms with van der Waals surface area (Å²) in [4.78, 5) is 4.34. The van der Waals surface area contributed by atoms with Crippen molar-refractivity contribution < 1.29 is 0 Å². The Bertz CT molecular complexity index is 557. The number of rotatable bonds is 3. The van der Waals surface area contributed by atoms with E-state index in [1.165, 1.54) is 0 Å². The second-order valence-electron chi connectivity index (χ2n) is 4.24. The van der Waals surface area contributed by atoms with E-state index in [1.807, 2.05) is 37.4 Å². The van der Waals surface area contributed by atoms with Crippen LogP contribution in [0.15, 0.2) is 41.0 Å². The van der Waals surface area contributed by atoms with Gasteiger partial charge in [-0.25, -0.2) is 4.98 Å². The maximum absolute atomic E-state index is 5.99. The first-order chi connectivity index (χ1) is 8.56. The van der Waals surface area contributed by atoms with Gasteiger partial charge >= 0.3 is 0 Å². The molecule has 0 bridgehead atoms. The van der Waals surface area contributed by atoms with Gasteiger partial charge in [-0.2, -0.15) is 0 Å². The summed E-state index contributed by atoms with van der Waals surface area (Å²) < 4.78 is 1.02. The highest BCUT2D eigenvalue weighted by Crippen LogP contribution is 2.23. The summed E-state index contributed by atoms with van der Waals surface area (Å²) in [5.41, 5.74) is 2.30. The van der Waals surface area contributed by atoms with Gasteiger partial charge < -0.3 is 5.32 Å². The first-order valence-corrected chi connectivity index (χ1v) is 6.87. The van der Waals surface area contributed by atoms with Gasteiger partial charge in [-0.15, -0.1) is 0 Å². The van der Waals surface area contributed by atoms with E-state index < -0.39 is 0 Å². The van der Waals surface area contributed by atoms with Gasteiger partial charge in [0, 0.05) is 21.7 Å². The van der Waals surface area contributed by atoms with E-state index in [1.54, 1.807) is 0 Å². The largest absolute Gasteiger partial charge is 0.364 e. The lowest BCUT2D eigenvalue weighted by Crippen LogP contribution is -2.08. The highest BCUT2D eigenvalue weighted by atomic mass is 79.9. The van der Waals surface area contributed by atoms with Crippen molar-refractivity contribution in [3.05, 3.63) is 57.2 Å². The number of anilines is 1. The Balaban J connectivity index is 2.16. The average Bonchev–Trinajstić information content (AvgIpc) is 2.34. The van der Waals surface area contributed by atoms with Crippen LogP contribution >= 0.6 is 27.5 Å². The van der Waals surface area contributed by atoms with Crippen LogP contribution in [0, 0.1) is 6.92 Å². The van der Waals surface area contributed by atoms with Gasteiger partial charge in [-0.1, -0.05) is 23.7 Å². The summed E-state index contributed by atoms with van der Waals surface area (Å²) >= 11 is 9.43. The summed E-state index contributed by atoms with van der Waals surface area (Å²) in [5, 5.41) is 4.11. The predicted octanol–water partition coefficient (Wildman–Crippen LogP) is 4.98. The molecule has 1 atom stereocenters. The molecule has 18 heavy (non-hydrogen) atoms. The van der Waals surface area contributed by atoms with Crippen LogP contribution in [0.2, 0.25) is 5.02 Å². The van der Waals surface area contributed by atoms with Crippen molar-refractivity contribution >= 4 is 33.3 Å². The Labute approximate surface area is 121 Å². The Kier molecular flexibility index (Phi) is 4.25. The molecule has 0 fully saturated rings. The van der Waals surface area contributed by atoms with Crippen molar-refractivity contribution in [2.24, 2.45) is 0 Å². The van der Waals surface area contributed by atoms with Gasteiger partial charge in [0.25, 0.3) is 0 Å². The molecule has 2 aromatic rings. The van der Waals surface area contributed by atoms with E-state index in [2.05, 4.69) is 39.2 Å². The molecular weight excluding hydrogens is 312 g/mol. The number of hydrogen-bond donors (Lipinski definition) is 1. The molecule has 1 aromatic heterocycles. The van der Waals surface area contributed by atoms with Crippen LogP contribution in [0.5, 0.6) is 0 Å². The molecule has 0 aliphatic rings. The molecule has 94 valence electrons. The van der Waals surface area contributed by atoms with E-state index >= 15 is 0 Å². The van der Waals surface area contributed by atoms with Crippen LogP contribution in [0.1, 0.15) is 24.1 Å². The van der Waals surface area contributed by atoms with Crippen LogP contribution in [-0.2, 0) is 0 Å². The number of hydrogen-bond acceptors (Lipinski definition) is 2. The minimum atomic E-state index is 0.164. The highest BCUT2D eigenvalue weighted by molar-refractivity contribution is 9.10. The molecule has 0 saturated heterocycles. The smallest absolute Gasteiger partial charge is 0.126 e. The van der Waals surface area contributed by atoms with Gasteiger partial charge in [0.05, 0.1) is 0 Å². The van der Waals surface area contributed by atoms with E-state index in [4.69, 9.17) is 11.6 Å². The quantitative estimate of drug-likeness (QED) is 0.861. The molecule has 4 heteroatoms. The Morgan fingerprint density at radius 2 is 2.11 bits per heavy atom. The Hall–Kier alpha value is -1.06. The second kappa shape index (κ2) is 5.72. The summed E-state index contributed by atoms with van der Waals surface area (Å²) in [7, 11) is 0. The first kappa shape index (κ1) is 13.4. The highest BCUT2D eigenvalue weighted by Gasteiger charge is 2.07. The minimum Gasteiger partial charge on any atom is -0.364 e. The molecule has 0 aliphatic carbocycles. The lowest BCUT2D eigenvalue weighted by atomic mass is 10.1. The standard InChI is InChI=1S/C14H14BrClN2/c1-9-6-14(17-8-13(9)15)18-10(2)11-4-3-5-12(16)7-11/h3-8,10H,1-2H3,(H,17,18). The molecule has 1 N–H and O–H groups in total. The van der Waals surface area contributed by atoms with Crippen LogP contribution in [0.25, 0.3) is 0 Å². The van der Waals surface area contributed by atoms with Crippen LogP contribution < -0.4 is 5.32 Å². The topological polar surface area (TPSA) is 24.9 Å². The first-order valence-electron chi connectivity index (χ1n) is 5.70. The summed E-state index contributed by atoms with van der Waals surface area (Å²) in [6.45, 7) is 4.13. The molecule has 2 nitrogen and oxygen atoms in total. The maximum atomic E-state index is 5.99. The van der Waals surface area contributed by atoms with Crippen LogP contribution in [0.3, 0.4) is 0 Å². The number of aromatic nitrogens is 1. The third kappa shape index (κ3) is 3.24. The molecule has 0 amide bonds. The Morgan fingerprint density at radius 1 is 1.33 bits per heavy atom. The average molecular weight is 326 g/mol. The van der Waals surface area contributed by atoms with Crippen molar-refractivity contribution in [2.45, 2.75) is 19.9 Å². The van der Waals surface area contributed by atoms with Crippen molar-refractivity contribution in [3.63, 3.8) is 0 Å². The van der Waals surface area contributed by atoms with Crippen molar-refractivity contribution in [3.8, 4) is 0 Å². The normalized spacial score (nSPS) is 12.2. The molecule has 0 aliphatic heterocycles. The summed E-state index contributed by atoms with van der Waals surface area (Å²) in [5.74, 6) is 0.864. The second-order valence-corrected chi connectivity index (χ2v) is 5.53. The molecule has 0 saturated carbocycles. The number of halogens is 2. The summed E-state index contributed by atoms with van der Waals surface area (Å²) in [6.07, 6.45) is 1.81. The molecular formula is C14H14BrClN2. The summed E-state index contributed by atoms with van der Waals surface area (Å²) in [6, 6.07) is 10.0. The van der Waals surface area contributed by atoms with E-state index in [-0.39, 0.29) is 6.04 Å². The van der Waals surface area contributed by atoms with E-state index in [9.17, 15) is 0 Å². The van der Waals surface area contributed by atoms with Crippen LogP contribution in [0.4, 0.5) is 5.82 Å². The fourth-order valence-electron chi connectivity index (χ4n) is 1.70. The van der Waals surface area contributed by atoms with E-state index in [0.29, 0.717) is 0 Å². The van der Waals surface area contributed by atoms with Gasteiger partial charge in [0.15, 0.2) is 0 Å². The molecule has 2 rings (SSSR count). The zero-order chi connectivity index (χ0) is 13.1. The molecule has 1 unspecified atom stereocenters. The van der Waals surface area contributed by atoms with Crippen molar-refractivity contribution in [1.82, 2.24) is 4.98 Å². The number of pyridine rings is 1. The van der Waals surface area contributed by atoms with Crippen molar-refractivity contribution in [1.29, 1.82) is 0 Å². The van der Waals surface area contributed by atoms with Gasteiger partial charge in [-0.3, -0.25) is 0 Å². The van der Waals surface area contributed by atoms with Crippen molar-refractivity contribution in [2.75, 3.05) is 5.32 Å². The maximum Gasteiger partial charge on any atom is 0.126 e. The number of aryl methyl sites for hydroxylation is 1. The number of nitrogens with one attached hydrogen (secondary N) is 1. The third-order valence-electron chi connectivity index (χ3n) is 2.76. The monoisotopic (exact) mass is 324 g/mol. The molecule has 1 aromatic carbocycles. The van der Waals surface area contributed by atoms with Gasteiger partial charge in [0.2, 0.25) is 0 Å². The predicted molar refractivity (Wildman–Crippen MR) is 80.2 cm³/mol. The van der Waals surface area contributed by atoms with E-state index in [0.717, 1.165) is 26.4 Å². The third-order valence-corrected chi connectivity index (χ3v) is 3.83. The SMILES string of the molecule is Cc1cc(NC(C)c2cccc(Cl)c2)ncc1Br. The Morgan fingerprint density at radius 3 is 2.78 bits per heavy atom. The van der Waals surface area contributed by atoms with Crippen LogP contribution in [-0.4, -0.2) is 4.98 Å². The van der Waals surface area contributed by atoms with Gasteiger partial charge in [0.1, 0.15) is 5.82 Å². The lowest BCUT2D eigenvalue weighted by Gasteiger charge is -2.15. The van der Waals surface area contributed by atoms with Gasteiger partial charge in [-0.05, 0) is 59.1 Å².